The molecule has 5 nitrogen and oxygen atoms in total. The summed E-state index contributed by atoms with van der Waals surface area (Å²) < 4.78 is 7.72. The number of hydrogen-bond donors (Lipinski definition) is 0. The lowest BCUT2D eigenvalue weighted by Crippen LogP contribution is -2.30. The van der Waals surface area contributed by atoms with Gasteiger partial charge in [0.2, 0.25) is 0 Å². The zero-order valence-corrected chi connectivity index (χ0v) is 14.9. The van der Waals surface area contributed by atoms with Crippen molar-refractivity contribution in [3.63, 3.8) is 0 Å². The van der Waals surface area contributed by atoms with Crippen LogP contribution >= 0.6 is 11.3 Å². The lowest BCUT2D eigenvalue weighted by atomic mass is 9.96. The Morgan fingerprint density at radius 2 is 1.96 bits per heavy atom. The van der Waals surface area contributed by atoms with E-state index in [1.165, 1.54) is 18.4 Å². The monoisotopic (exact) mass is 334 g/mol. The van der Waals surface area contributed by atoms with E-state index in [9.17, 15) is 9.59 Å². The SMILES string of the molecule is CCC(C(=O)OC)n1c(=NC(=O)C(C)(C)C)sc2ccccc21. The summed E-state index contributed by atoms with van der Waals surface area (Å²) in [5.74, 6) is -0.543. The molecule has 0 aliphatic rings. The van der Waals surface area contributed by atoms with Crippen LogP contribution in [0.15, 0.2) is 29.3 Å². The predicted molar refractivity (Wildman–Crippen MR) is 91.2 cm³/mol. The van der Waals surface area contributed by atoms with Gasteiger partial charge in [-0.15, -0.1) is 0 Å². The molecule has 0 saturated carbocycles. The first-order valence-corrected chi connectivity index (χ1v) is 8.38. The number of aromatic nitrogens is 1. The Bertz CT molecular complexity index is 796. The molecule has 6 heteroatoms. The number of hydrogen-bond acceptors (Lipinski definition) is 4. The number of nitrogens with zero attached hydrogens (tertiary/aromatic N) is 2. The third kappa shape index (κ3) is 3.52. The molecule has 0 spiro atoms. The zero-order chi connectivity index (χ0) is 17.2. The van der Waals surface area contributed by atoms with Crippen molar-refractivity contribution in [1.82, 2.24) is 4.57 Å². The van der Waals surface area contributed by atoms with E-state index in [4.69, 9.17) is 4.74 Å². The van der Waals surface area contributed by atoms with Crippen LogP contribution in [0.3, 0.4) is 0 Å². The fourth-order valence-electron chi connectivity index (χ4n) is 2.22. The van der Waals surface area contributed by atoms with E-state index in [2.05, 4.69) is 4.99 Å². The molecule has 1 heterocycles. The standard InChI is InChI=1S/C17H22N2O3S/c1-6-11(14(20)22-5)19-12-9-7-8-10-13(12)23-16(19)18-15(21)17(2,3)4/h7-11H,6H2,1-5H3. The molecule has 0 bridgehead atoms. The Morgan fingerprint density at radius 1 is 1.30 bits per heavy atom. The maximum absolute atomic E-state index is 12.3. The number of carbonyl (C=O) groups excluding carboxylic acids is 2. The molecule has 0 N–H and O–H groups in total. The summed E-state index contributed by atoms with van der Waals surface area (Å²) in [7, 11) is 1.37. The largest absolute Gasteiger partial charge is 0.467 e. The van der Waals surface area contributed by atoms with Gasteiger partial charge < -0.3 is 9.30 Å². The molecule has 1 aromatic heterocycles. The number of benzene rings is 1. The first-order valence-electron chi connectivity index (χ1n) is 7.56. The van der Waals surface area contributed by atoms with Crippen LogP contribution < -0.4 is 4.80 Å². The number of methoxy groups -OCH3 is 1. The highest BCUT2D eigenvalue weighted by molar-refractivity contribution is 7.16. The normalized spacial score (nSPS) is 14.0. The Balaban J connectivity index is 2.75. The van der Waals surface area contributed by atoms with E-state index in [1.807, 2.05) is 56.5 Å². The molecule has 0 aliphatic carbocycles. The number of thiazole rings is 1. The van der Waals surface area contributed by atoms with Gasteiger partial charge in [0.15, 0.2) is 4.80 Å². The molecule has 2 rings (SSSR count). The molecule has 1 atom stereocenters. The molecule has 0 saturated heterocycles. The topological polar surface area (TPSA) is 60.7 Å². The molecule has 0 fully saturated rings. The van der Waals surface area contributed by atoms with Crippen LogP contribution in [-0.4, -0.2) is 23.6 Å². The van der Waals surface area contributed by atoms with E-state index in [0.717, 1.165) is 10.2 Å². The summed E-state index contributed by atoms with van der Waals surface area (Å²) in [6.07, 6.45) is 0.560. The van der Waals surface area contributed by atoms with E-state index in [0.29, 0.717) is 11.2 Å². The van der Waals surface area contributed by atoms with E-state index in [1.54, 1.807) is 0 Å². The van der Waals surface area contributed by atoms with Crippen molar-refractivity contribution in [2.45, 2.75) is 40.2 Å². The van der Waals surface area contributed by atoms with Gasteiger partial charge in [-0.1, -0.05) is 51.2 Å². The second-order valence-corrected chi connectivity index (χ2v) is 7.35. The lowest BCUT2D eigenvalue weighted by molar-refractivity contribution is -0.144. The number of amides is 1. The van der Waals surface area contributed by atoms with Crippen molar-refractivity contribution in [3.8, 4) is 0 Å². The fourth-order valence-corrected chi connectivity index (χ4v) is 3.28. The maximum atomic E-state index is 12.3. The second-order valence-electron chi connectivity index (χ2n) is 6.34. The molecular weight excluding hydrogens is 312 g/mol. The van der Waals surface area contributed by atoms with Crippen molar-refractivity contribution >= 4 is 33.4 Å². The van der Waals surface area contributed by atoms with Crippen LogP contribution in [0.4, 0.5) is 0 Å². The molecule has 23 heavy (non-hydrogen) atoms. The van der Waals surface area contributed by atoms with Gasteiger partial charge in [0.1, 0.15) is 6.04 Å². The van der Waals surface area contributed by atoms with Gasteiger partial charge in [-0.3, -0.25) is 4.79 Å². The van der Waals surface area contributed by atoms with Crippen LogP contribution in [0.5, 0.6) is 0 Å². The van der Waals surface area contributed by atoms with Gasteiger partial charge in [0.25, 0.3) is 5.91 Å². The number of carbonyl (C=O) groups is 2. The van der Waals surface area contributed by atoms with Gasteiger partial charge >= 0.3 is 5.97 Å². The summed E-state index contributed by atoms with van der Waals surface area (Å²) in [6, 6.07) is 7.23. The van der Waals surface area contributed by atoms with Gasteiger partial charge in [-0.25, -0.2) is 4.79 Å². The minimum absolute atomic E-state index is 0.211. The van der Waals surface area contributed by atoms with E-state index >= 15 is 0 Å². The van der Waals surface area contributed by atoms with Gasteiger partial charge in [0, 0.05) is 5.41 Å². The number of fused-ring (bicyclic) bond motifs is 1. The first-order chi connectivity index (χ1) is 10.8. The third-order valence-electron chi connectivity index (χ3n) is 3.54. The number of ether oxygens (including phenoxy) is 1. The predicted octanol–water partition coefficient (Wildman–Crippen LogP) is 3.30. The van der Waals surface area contributed by atoms with Crippen LogP contribution in [0, 0.1) is 5.41 Å². The summed E-state index contributed by atoms with van der Waals surface area (Å²) in [5, 5.41) is 0. The molecule has 1 amide bonds. The minimum Gasteiger partial charge on any atom is -0.467 e. The molecule has 124 valence electrons. The maximum Gasteiger partial charge on any atom is 0.328 e. The minimum atomic E-state index is -0.568. The number of para-hydroxylation sites is 1. The lowest BCUT2D eigenvalue weighted by Gasteiger charge is -2.16. The Hall–Kier alpha value is -1.95. The summed E-state index contributed by atoms with van der Waals surface area (Å²) in [5.41, 5.74) is 0.316. The molecule has 1 unspecified atom stereocenters. The Morgan fingerprint density at radius 3 is 2.52 bits per heavy atom. The van der Waals surface area contributed by atoms with Crippen molar-refractivity contribution < 1.29 is 14.3 Å². The fraction of sp³-hybridized carbons (Fsp3) is 0.471. The highest BCUT2D eigenvalue weighted by atomic mass is 32.1. The number of esters is 1. The van der Waals surface area contributed by atoms with Crippen LogP contribution in [-0.2, 0) is 14.3 Å². The van der Waals surface area contributed by atoms with Crippen molar-refractivity contribution in [2.75, 3.05) is 7.11 Å². The average molecular weight is 334 g/mol. The van der Waals surface area contributed by atoms with Crippen molar-refractivity contribution in [3.05, 3.63) is 29.1 Å². The summed E-state index contributed by atoms with van der Waals surface area (Å²) >= 11 is 1.41. The molecular formula is C17H22N2O3S. The zero-order valence-electron chi connectivity index (χ0n) is 14.1. The molecule has 1 aromatic carbocycles. The molecule has 0 radical (unpaired) electrons. The van der Waals surface area contributed by atoms with Crippen LogP contribution in [0.2, 0.25) is 0 Å². The van der Waals surface area contributed by atoms with Crippen molar-refractivity contribution in [1.29, 1.82) is 0 Å². The van der Waals surface area contributed by atoms with E-state index in [-0.39, 0.29) is 11.9 Å². The van der Waals surface area contributed by atoms with Crippen LogP contribution in [0.25, 0.3) is 10.2 Å². The molecule has 2 aromatic rings. The quantitative estimate of drug-likeness (QED) is 0.809. The Kier molecular flexibility index (Phi) is 5.04. The summed E-state index contributed by atoms with van der Waals surface area (Å²) in [4.78, 5) is 29.3. The highest BCUT2D eigenvalue weighted by Gasteiger charge is 2.25. The van der Waals surface area contributed by atoms with Crippen molar-refractivity contribution in [2.24, 2.45) is 10.4 Å². The van der Waals surface area contributed by atoms with Gasteiger partial charge in [0.05, 0.1) is 17.3 Å². The van der Waals surface area contributed by atoms with Gasteiger partial charge in [-0.2, -0.15) is 4.99 Å². The second kappa shape index (κ2) is 6.66. The highest BCUT2D eigenvalue weighted by Crippen LogP contribution is 2.23. The Labute approximate surface area is 139 Å². The number of rotatable bonds is 3. The van der Waals surface area contributed by atoms with Crippen LogP contribution in [0.1, 0.15) is 40.2 Å². The summed E-state index contributed by atoms with van der Waals surface area (Å²) in [6.45, 7) is 7.40. The van der Waals surface area contributed by atoms with Gasteiger partial charge in [-0.05, 0) is 18.6 Å². The first kappa shape index (κ1) is 17.4. The average Bonchev–Trinajstić information content (AvgIpc) is 2.85. The van der Waals surface area contributed by atoms with E-state index < -0.39 is 11.5 Å². The third-order valence-corrected chi connectivity index (χ3v) is 4.58. The smallest absolute Gasteiger partial charge is 0.328 e. The molecule has 0 aliphatic heterocycles.